The summed E-state index contributed by atoms with van der Waals surface area (Å²) in [6.45, 7) is 0.273. The average Bonchev–Trinajstić information content (AvgIpc) is 2.73. The molecule has 0 aliphatic rings. The van der Waals surface area contributed by atoms with Crippen molar-refractivity contribution in [2.75, 3.05) is 7.05 Å². The Balaban J connectivity index is 2.52. The molecule has 19 heavy (non-hydrogen) atoms. The predicted octanol–water partition coefficient (Wildman–Crippen LogP) is 3.26. The molecule has 1 N–H and O–H groups in total. The molecule has 0 radical (unpaired) electrons. The molecule has 0 saturated carbocycles. The van der Waals surface area contributed by atoms with Gasteiger partial charge in [0.2, 0.25) is 0 Å². The summed E-state index contributed by atoms with van der Waals surface area (Å²) in [5.74, 6) is 0. The van der Waals surface area contributed by atoms with Gasteiger partial charge in [0.25, 0.3) is 0 Å². The van der Waals surface area contributed by atoms with Crippen molar-refractivity contribution in [1.82, 2.24) is 15.1 Å². The van der Waals surface area contributed by atoms with Crippen LogP contribution in [-0.2, 0) is 12.7 Å². The topological polar surface area (TPSA) is 29.9 Å². The van der Waals surface area contributed by atoms with Gasteiger partial charge in [-0.3, -0.25) is 0 Å². The SMILES string of the molecule is CNCc1cc(C(F)(F)F)nn1-c1cccc(Cl)c1. The van der Waals surface area contributed by atoms with Gasteiger partial charge in [0.1, 0.15) is 0 Å². The van der Waals surface area contributed by atoms with Gasteiger partial charge in [0, 0.05) is 11.6 Å². The largest absolute Gasteiger partial charge is 0.435 e. The molecule has 0 aliphatic carbocycles. The molecule has 3 nitrogen and oxygen atoms in total. The Morgan fingerprint density at radius 1 is 1.32 bits per heavy atom. The van der Waals surface area contributed by atoms with Crippen molar-refractivity contribution >= 4 is 11.6 Å². The standard InChI is InChI=1S/C12H11ClF3N3/c1-17-7-10-6-11(12(14,15)16)18-19(10)9-4-2-3-8(13)5-9/h2-6,17H,7H2,1H3. The molecule has 0 atom stereocenters. The highest BCUT2D eigenvalue weighted by atomic mass is 35.5. The molecule has 2 aromatic rings. The van der Waals surface area contributed by atoms with Gasteiger partial charge in [-0.1, -0.05) is 17.7 Å². The van der Waals surface area contributed by atoms with Crippen molar-refractivity contribution in [3.63, 3.8) is 0 Å². The highest BCUT2D eigenvalue weighted by Crippen LogP contribution is 2.29. The van der Waals surface area contributed by atoms with Gasteiger partial charge in [0.15, 0.2) is 5.69 Å². The molecule has 0 aliphatic heterocycles. The second-order valence-corrected chi connectivity index (χ2v) is 4.38. The Bertz CT molecular complexity index is 578. The summed E-state index contributed by atoms with van der Waals surface area (Å²) in [6.07, 6.45) is -4.47. The van der Waals surface area contributed by atoms with E-state index in [-0.39, 0.29) is 6.54 Å². The molecule has 0 bridgehead atoms. The number of rotatable bonds is 3. The van der Waals surface area contributed by atoms with Crippen molar-refractivity contribution < 1.29 is 13.2 Å². The Morgan fingerprint density at radius 3 is 2.63 bits per heavy atom. The normalized spacial score (nSPS) is 11.8. The van der Waals surface area contributed by atoms with E-state index in [0.717, 1.165) is 6.07 Å². The van der Waals surface area contributed by atoms with Crippen LogP contribution in [0.15, 0.2) is 30.3 Å². The molecule has 1 heterocycles. The maximum Gasteiger partial charge on any atom is 0.435 e. The quantitative estimate of drug-likeness (QED) is 0.940. The van der Waals surface area contributed by atoms with Crippen LogP contribution in [-0.4, -0.2) is 16.8 Å². The molecule has 0 amide bonds. The molecule has 102 valence electrons. The Morgan fingerprint density at radius 2 is 2.05 bits per heavy atom. The highest BCUT2D eigenvalue weighted by molar-refractivity contribution is 6.30. The lowest BCUT2D eigenvalue weighted by Gasteiger charge is -2.07. The molecule has 0 fully saturated rings. The number of benzene rings is 1. The second kappa shape index (κ2) is 5.22. The Kier molecular flexibility index (Phi) is 3.82. The van der Waals surface area contributed by atoms with Crippen LogP contribution in [0.4, 0.5) is 13.2 Å². The first kappa shape index (κ1) is 13.9. The zero-order chi connectivity index (χ0) is 14.0. The zero-order valence-corrected chi connectivity index (χ0v) is 10.8. The number of alkyl halides is 3. The lowest BCUT2D eigenvalue weighted by Crippen LogP contribution is -2.11. The molecule has 7 heteroatoms. The van der Waals surface area contributed by atoms with E-state index in [1.807, 2.05) is 0 Å². The van der Waals surface area contributed by atoms with E-state index in [9.17, 15) is 13.2 Å². The first-order valence-corrected chi connectivity index (χ1v) is 5.86. The number of hydrogen-bond acceptors (Lipinski definition) is 2. The fourth-order valence-electron chi connectivity index (χ4n) is 1.70. The minimum Gasteiger partial charge on any atom is -0.314 e. The third-order valence-corrected chi connectivity index (χ3v) is 2.72. The predicted molar refractivity (Wildman–Crippen MR) is 66.3 cm³/mol. The van der Waals surface area contributed by atoms with Crippen molar-refractivity contribution in [3.8, 4) is 5.69 Å². The molecular weight excluding hydrogens is 279 g/mol. The van der Waals surface area contributed by atoms with Crippen molar-refractivity contribution in [2.24, 2.45) is 0 Å². The van der Waals surface area contributed by atoms with Gasteiger partial charge < -0.3 is 5.32 Å². The van der Waals surface area contributed by atoms with Crippen molar-refractivity contribution in [2.45, 2.75) is 12.7 Å². The smallest absolute Gasteiger partial charge is 0.314 e. The molecule has 0 unspecified atom stereocenters. The summed E-state index contributed by atoms with van der Waals surface area (Å²) in [5.41, 5.74) is -0.0110. The van der Waals surface area contributed by atoms with Gasteiger partial charge in [-0.2, -0.15) is 18.3 Å². The monoisotopic (exact) mass is 289 g/mol. The van der Waals surface area contributed by atoms with E-state index >= 15 is 0 Å². The minimum atomic E-state index is -4.47. The van der Waals surface area contributed by atoms with Gasteiger partial charge in [-0.25, -0.2) is 4.68 Å². The molecule has 0 saturated heterocycles. The maximum atomic E-state index is 12.7. The van der Waals surface area contributed by atoms with Gasteiger partial charge in [-0.05, 0) is 31.3 Å². The molecular formula is C12H11ClF3N3. The van der Waals surface area contributed by atoms with Crippen LogP contribution in [0.1, 0.15) is 11.4 Å². The van der Waals surface area contributed by atoms with Crippen LogP contribution in [0.25, 0.3) is 5.69 Å². The Labute approximate surface area is 113 Å². The lowest BCUT2D eigenvalue weighted by atomic mass is 10.3. The van der Waals surface area contributed by atoms with E-state index in [1.165, 1.54) is 4.68 Å². The number of nitrogens with zero attached hydrogens (tertiary/aromatic N) is 2. The Hall–Kier alpha value is -1.53. The number of halogens is 4. The number of nitrogens with one attached hydrogen (secondary N) is 1. The average molecular weight is 290 g/mol. The van der Waals surface area contributed by atoms with Crippen LogP contribution in [0.2, 0.25) is 5.02 Å². The summed E-state index contributed by atoms with van der Waals surface area (Å²) in [7, 11) is 1.66. The minimum absolute atomic E-state index is 0.273. The zero-order valence-electron chi connectivity index (χ0n) is 10.0. The summed E-state index contributed by atoms with van der Waals surface area (Å²) >= 11 is 5.84. The summed E-state index contributed by atoms with van der Waals surface area (Å²) in [6, 6.07) is 7.55. The number of hydrogen-bond donors (Lipinski definition) is 1. The second-order valence-electron chi connectivity index (χ2n) is 3.94. The van der Waals surface area contributed by atoms with Gasteiger partial charge in [-0.15, -0.1) is 0 Å². The molecule has 1 aromatic heterocycles. The third kappa shape index (κ3) is 3.08. The van der Waals surface area contributed by atoms with Crippen LogP contribution >= 0.6 is 11.6 Å². The van der Waals surface area contributed by atoms with E-state index in [1.54, 1.807) is 31.3 Å². The maximum absolute atomic E-state index is 12.7. The van der Waals surface area contributed by atoms with Gasteiger partial charge in [0.05, 0.1) is 11.4 Å². The van der Waals surface area contributed by atoms with Crippen molar-refractivity contribution in [1.29, 1.82) is 0 Å². The van der Waals surface area contributed by atoms with Crippen LogP contribution < -0.4 is 5.32 Å². The summed E-state index contributed by atoms with van der Waals surface area (Å²) in [5, 5.41) is 6.86. The highest BCUT2D eigenvalue weighted by Gasteiger charge is 2.35. The van der Waals surface area contributed by atoms with E-state index in [2.05, 4.69) is 10.4 Å². The third-order valence-electron chi connectivity index (χ3n) is 2.48. The molecule has 1 aromatic carbocycles. The number of aromatic nitrogens is 2. The molecule has 2 rings (SSSR count). The van der Waals surface area contributed by atoms with Crippen molar-refractivity contribution in [3.05, 3.63) is 46.7 Å². The molecule has 0 spiro atoms. The van der Waals surface area contributed by atoms with E-state index in [4.69, 9.17) is 11.6 Å². The lowest BCUT2D eigenvalue weighted by molar-refractivity contribution is -0.141. The summed E-state index contributed by atoms with van der Waals surface area (Å²) in [4.78, 5) is 0. The fourth-order valence-corrected chi connectivity index (χ4v) is 1.88. The first-order valence-electron chi connectivity index (χ1n) is 5.48. The summed E-state index contributed by atoms with van der Waals surface area (Å²) < 4.78 is 39.3. The van der Waals surface area contributed by atoms with Crippen LogP contribution in [0, 0.1) is 0 Å². The van der Waals surface area contributed by atoms with Crippen LogP contribution in [0.5, 0.6) is 0 Å². The van der Waals surface area contributed by atoms with E-state index < -0.39 is 11.9 Å². The first-order chi connectivity index (χ1) is 8.91. The van der Waals surface area contributed by atoms with Gasteiger partial charge >= 0.3 is 6.18 Å². The fraction of sp³-hybridized carbons (Fsp3) is 0.250. The van der Waals surface area contributed by atoms with Crippen LogP contribution in [0.3, 0.4) is 0 Å². The van der Waals surface area contributed by atoms with E-state index in [0.29, 0.717) is 16.4 Å².